The maximum absolute atomic E-state index is 6.12. The molecule has 0 aliphatic carbocycles. The molecular weight excluding hydrogens is 432 g/mol. The quantitative estimate of drug-likeness (QED) is 0.305. The normalized spacial score (nSPS) is 15.0. The Hall–Kier alpha value is -3.16. The first kappa shape index (κ1) is 17.5. The van der Waals surface area contributed by atoms with Gasteiger partial charge in [0, 0.05) is 21.5 Å². The molecule has 5 nitrogen and oxygen atoms in total. The molecule has 3 aromatic heterocycles. The molecule has 2 aromatic carbocycles. The van der Waals surface area contributed by atoms with Gasteiger partial charge in [0.2, 0.25) is 0 Å². The van der Waals surface area contributed by atoms with Gasteiger partial charge in [0.25, 0.3) is 0 Å². The highest BCUT2D eigenvalue weighted by Gasteiger charge is 2.22. The minimum Gasteiger partial charge on any atom is -0.485 e. The van der Waals surface area contributed by atoms with Gasteiger partial charge in [0.1, 0.15) is 37.6 Å². The van der Waals surface area contributed by atoms with Gasteiger partial charge >= 0.3 is 0 Å². The van der Waals surface area contributed by atoms with E-state index in [2.05, 4.69) is 24.3 Å². The largest absolute Gasteiger partial charge is 0.485 e. The molecule has 154 valence electrons. The fourth-order valence-electron chi connectivity index (χ4n) is 4.18. The molecule has 0 saturated heterocycles. The lowest BCUT2D eigenvalue weighted by Crippen LogP contribution is -2.14. The van der Waals surface area contributed by atoms with Gasteiger partial charge in [-0.05, 0) is 47.5 Å². The van der Waals surface area contributed by atoms with E-state index in [1.807, 2.05) is 22.9 Å². The molecule has 0 atom stereocenters. The summed E-state index contributed by atoms with van der Waals surface area (Å²) in [6, 6.07) is 12.6. The molecule has 5 heterocycles. The highest BCUT2D eigenvalue weighted by Crippen LogP contribution is 2.48. The lowest BCUT2D eigenvalue weighted by molar-refractivity contribution is 0.174. The molecule has 5 aromatic rings. The van der Waals surface area contributed by atoms with Crippen LogP contribution >= 0.6 is 22.7 Å². The van der Waals surface area contributed by atoms with Gasteiger partial charge < -0.3 is 23.4 Å². The third kappa shape index (κ3) is 2.66. The Labute approximate surface area is 185 Å². The summed E-state index contributed by atoms with van der Waals surface area (Å²) >= 11 is 3.28. The number of thiophene rings is 2. The third-order valence-corrected chi connectivity index (χ3v) is 7.57. The fraction of sp³-hybridized carbons (Fsp3) is 0.167. The van der Waals surface area contributed by atoms with Crippen molar-refractivity contribution in [2.24, 2.45) is 0 Å². The van der Waals surface area contributed by atoms with Crippen molar-refractivity contribution in [1.82, 2.24) is 0 Å². The number of hydrogen-bond acceptors (Lipinski definition) is 7. The zero-order valence-corrected chi connectivity index (χ0v) is 17.9. The van der Waals surface area contributed by atoms with Crippen molar-refractivity contribution in [1.29, 1.82) is 0 Å². The molecule has 0 amide bonds. The molecule has 7 rings (SSSR count). The van der Waals surface area contributed by atoms with Gasteiger partial charge in [-0.3, -0.25) is 0 Å². The number of furan rings is 1. The van der Waals surface area contributed by atoms with E-state index in [9.17, 15) is 0 Å². The van der Waals surface area contributed by atoms with E-state index in [1.54, 1.807) is 22.7 Å². The summed E-state index contributed by atoms with van der Waals surface area (Å²) in [4.78, 5) is 2.17. The summed E-state index contributed by atoms with van der Waals surface area (Å²) in [7, 11) is 0. The van der Waals surface area contributed by atoms with Crippen molar-refractivity contribution in [2.75, 3.05) is 26.4 Å². The number of ether oxygens (including phenoxy) is 4. The Morgan fingerprint density at radius 1 is 0.581 bits per heavy atom. The molecule has 0 radical (unpaired) electrons. The van der Waals surface area contributed by atoms with Crippen LogP contribution in [0, 0.1) is 0 Å². The molecule has 0 spiro atoms. The molecule has 0 unspecified atom stereocenters. The van der Waals surface area contributed by atoms with Crippen LogP contribution in [0.2, 0.25) is 0 Å². The van der Waals surface area contributed by atoms with Gasteiger partial charge in [-0.1, -0.05) is 0 Å². The molecule has 0 saturated carbocycles. The average molecular weight is 449 g/mol. The van der Waals surface area contributed by atoms with Crippen LogP contribution in [-0.4, -0.2) is 26.4 Å². The lowest BCUT2D eigenvalue weighted by atomic mass is 10.1. The molecule has 7 heteroatoms. The van der Waals surface area contributed by atoms with Gasteiger partial charge in [0.05, 0.1) is 9.75 Å². The molecule has 2 aliphatic heterocycles. The van der Waals surface area contributed by atoms with Crippen LogP contribution in [0.4, 0.5) is 0 Å². The number of fused-ring (bicyclic) bond motifs is 5. The molecule has 0 fully saturated rings. The Balaban J connectivity index is 1.39. The summed E-state index contributed by atoms with van der Waals surface area (Å²) in [5, 5.41) is 6.19. The van der Waals surface area contributed by atoms with E-state index in [0.29, 0.717) is 26.4 Å². The predicted octanol–water partition coefficient (Wildman–Crippen LogP) is 6.59. The smallest absolute Gasteiger partial charge is 0.179 e. The SMILES string of the molecule is c1cc2oc3ccc(-c4scc5c4OCCO5)cc3c2cc1-c1scc2c1OCCO2. The zero-order valence-electron chi connectivity index (χ0n) is 16.3. The van der Waals surface area contributed by atoms with Gasteiger partial charge in [-0.2, -0.15) is 0 Å². The third-order valence-electron chi connectivity index (χ3n) is 5.60. The first-order valence-corrected chi connectivity index (χ1v) is 11.8. The number of benzene rings is 2. The van der Waals surface area contributed by atoms with Crippen molar-refractivity contribution in [3.63, 3.8) is 0 Å². The summed E-state index contributed by atoms with van der Waals surface area (Å²) in [5.41, 5.74) is 3.93. The first-order chi connectivity index (χ1) is 15.3. The summed E-state index contributed by atoms with van der Waals surface area (Å²) in [6.07, 6.45) is 0. The lowest BCUT2D eigenvalue weighted by Gasteiger charge is -2.16. The Morgan fingerprint density at radius 2 is 1.06 bits per heavy atom. The molecule has 31 heavy (non-hydrogen) atoms. The summed E-state index contributed by atoms with van der Waals surface area (Å²) in [6.45, 7) is 2.35. The van der Waals surface area contributed by atoms with E-state index < -0.39 is 0 Å². The second-order valence-corrected chi connectivity index (χ2v) is 9.19. The van der Waals surface area contributed by atoms with E-state index in [1.165, 1.54) is 0 Å². The Bertz CT molecular complexity index is 1350. The molecular formula is C24H16O5S2. The highest BCUT2D eigenvalue weighted by molar-refractivity contribution is 7.14. The zero-order chi connectivity index (χ0) is 20.4. The average Bonchev–Trinajstić information content (AvgIpc) is 3.53. The van der Waals surface area contributed by atoms with Crippen LogP contribution in [0.15, 0.2) is 51.6 Å². The monoisotopic (exact) mass is 448 g/mol. The van der Waals surface area contributed by atoms with Crippen molar-refractivity contribution in [3.05, 3.63) is 47.2 Å². The van der Waals surface area contributed by atoms with Gasteiger partial charge in [-0.25, -0.2) is 0 Å². The molecule has 0 bridgehead atoms. The van der Waals surface area contributed by atoms with Crippen LogP contribution < -0.4 is 18.9 Å². The van der Waals surface area contributed by atoms with E-state index in [-0.39, 0.29) is 0 Å². The molecule has 0 N–H and O–H groups in total. The first-order valence-electron chi connectivity index (χ1n) is 10.1. The van der Waals surface area contributed by atoms with Gasteiger partial charge in [-0.15, -0.1) is 22.7 Å². The number of hydrogen-bond donors (Lipinski definition) is 0. The van der Waals surface area contributed by atoms with Crippen molar-refractivity contribution < 1.29 is 23.4 Å². The van der Waals surface area contributed by atoms with Crippen molar-refractivity contribution >= 4 is 44.6 Å². The van der Waals surface area contributed by atoms with E-state index in [0.717, 1.165) is 65.8 Å². The summed E-state index contributed by atoms with van der Waals surface area (Å²) < 4.78 is 29.3. The van der Waals surface area contributed by atoms with Crippen LogP contribution in [0.3, 0.4) is 0 Å². The topological polar surface area (TPSA) is 50.1 Å². The Morgan fingerprint density at radius 3 is 1.58 bits per heavy atom. The van der Waals surface area contributed by atoms with Crippen molar-refractivity contribution in [2.45, 2.75) is 0 Å². The maximum atomic E-state index is 6.12. The van der Waals surface area contributed by atoms with Crippen LogP contribution in [-0.2, 0) is 0 Å². The minimum atomic E-state index is 0.577. The summed E-state index contributed by atoms with van der Waals surface area (Å²) in [5.74, 6) is 3.34. The van der Waals surface area contributed by atoms with Crippen LogP contribution in [0.5, 0.6) is 23.0 Å². The Kier molecular flexibility index (Phi) is 3.77. The minimum absolute atomic E-state index is 0.577. The maximum Gasteiger partial charge on any atom is 0.179 e. The van der Waals surface area contributed by atoms with E-state index in [4.69, 9.17) is 23.4 Å². The van der Waals surface area contributed by atoms with Crippen molar-refractivity contribution in [3.8, 4) is 43.9 Å². The fourth-order valence-corrected chi connectivity index (χ4v) is 6.04. The molecule has 2 aliphatic rings. The number of rotatable bonds is 2. The van der Waals surface area contributed by atoms with Crippen LogP contribution in [0.1, 0.15) is 0 Å². The van der Waals surface area contributed by atoms with E-state index >= 15 is 0 Å². The van der Waals surface area contributed by atoms with Gasteiger partial charge in [0.15, 0.2) is 23.0 Å². The second kappa shape index (κ2) is 6.67. The highest BCUT2D eigenvalue weighted by atomic mass is 32.1. The predicted molar refractivity (Wildman–Crippen MR) is 122 cm³/mol. The van der Waals surface area contributed by atoms with Crippen LogP contribution in [0.25, 0.3) is 42.8 Å². The second-order valence-electron chi connectivity index (χ2n) is 7.43. The standard InChI is InChI=1S/C24H16O5S2/c1-3-17-15(9-13(1)23-21-19(11-30-23)25-5-7-27-21)16-10-14(2-4-18(16)29-17)24-22-20(12-31-24)26-6-8-28-22/h1-4,9-12H,5-8H2.